The van der Waals surface area contributed by atoms with Gasteiger partial charge in [0.1, 0.15) is 5.82 Å². The second kappa shape index (κ2) is 7.49. The van der Waals surface area contributed by atoms with Crippen molar-refractivity contribution in [2.75, 3.05) is 0 Å². The van der Waals surface area contributed by atoms with E-state index >= 15 is 0 Å². The van der Waals surface area contributed by atoms with E-state index in [1.54, 1.807) is 6.20 Å². The SMILES string of the molecule is CCCC(=O)c1c(-c2ccccc2)c2cc(Br)ccc2n1-c1ccccn1. The first-order valence-electron chi connectivity index (χ1n) is 9.04. The molecule has 0 radical (unpaired) electrons. The van der Waals surface area contributed by atoms with Gasteiger partial charge < -0.3 is 0 Å². The predicted octanol–water partition coefficient (Wildman–Crippen LogP) is 6.44. The number of halogens is 1. The minimum atomic E-state index is 0.134. The Labute approximate surface area is 166 Å². The average molecular weight is 419 g/mol. The lowest BCUT2D eigenvalue weighted by Crippen LogP contribution is -2.09. The minimum Gasteiger partial charge on any atom is -0.292 e. The van der Waals surface area contributed by atoms with Gasteiger partial charge in [-0.25, -0.2) is 4.98 Å². The van der Waals surface area contributed by atoms with Crippen LogP contribution < -0.4 is 0 Å². The predicted molar refractivity (Wildman–Crippen MR) is 113 cm³/mol. The van der Waals surface area contributed by atoms with Crippen molar-refractivity contribution in [1.82, 2.24) is 9.55 Å². The van der Waals surface area contributed by atoms with E-state index in [2.05, 4.69) is 39.1 Å². The van der Waals surface area contributed by atoms with Gasteiger partial charge in [-0.1, -0.05) is 59.3 Å². The lowest BCUT2D eigenvalue weighted by molar-refractivity contribution is 0.0976. The zero-order valence-corrected chi connectivity index (χ0v) is 16.6. The largest absolute Gasteiger partial charge is 0.292 e. The molecule has 2 aromatic heterocycles. The number of pyridine rings is 1. The molecule has 0 aliphatic heterocycles. The van der Waals surface area contributed by atoms with Crippen LogP contribution in [0.3, 0.4) is 0 Å². The third kappa shape index (κ3) is 3.21. The Kier molecular flexibility index (Phi) is 4.90. The summed E-state index contributed by atoms with van der Waals surface area (Å²) >= 11 is 3.59. The maximum Gasteiger partial charge on any atom is 0.180 e. The summed E-state index contributed by atoms with van der Waals surface area (Å²) in [4.78, 5) is 17.8. The van der Waals surface area contributed by atoms with Crippen LogP contribution in [0, 0.1) is 0 Å². The normalized spacial score (nSPS) is 11.0. The Morgan fingerprint density at radius 3 is 2.52 bits per heavy atom. The van der Waals surface area contributed by atoms with Crippen molar-refractivity contribution in [3.63, 3.8) is 0 Å². The first-order valence-corrected chi connectivity index (χ1v) is 9.84. The molecule has 0 aliphatic rings. The quantitative estimate of drug-likeness (QED) is 0.349. The average Bonchev–Trinajstić information content (AvgIpc) is 3.04. The summed E-state index contributed by atoms with van der Waals surface area (Å²) < 4.78 is 2.99. The lowest BCUT2D eigenvalue weighted by Gasteiger charge is -2.11. The molecule has 0 amide bonds. The van der Waals surface area contributed by atoms with Crippen LogP contribution in [0.1, 0.15) is 30.3 Å². The first-order chi connectivity index (χ1) is 13.2. The van der Waals surface area contributed by atoms with E-state index in [1.165, 1.54) is 0 Å². The fourth-order valence-electron chi connectivity index (χ4n) is 3.49. The summed E-state index contributed by atoms with van der Waals surface area (Å²) in [5, 5.41) is 1.04. The van der Waals surface area contributed by atoms with Gasteiger partial charge in [-0.05, 0) is 42.3 Å². The topological polar surface area (TPSA) is 34.9 Å². The van der Waals surface area contributed by atoms with Gasteiger partial charge in [0.15, 0.2) is 5.78 Å². The molecule has 0 fully saturated rings. The van der Waals surface area contributed by atoms with Gasteiger partial charge in [0.25, 0.3) is 0 Å². The maximum atomic E-state index is 13.2. The molecule has 2 aromatic carbocycles. The van der Waals surface area contributed by atoms with Crippen LogP contribution in [-0.4, -0.2) is 15.3 Å². The van der Waals surface area contributed by atoms with Gasteiger partial charge in [-0.2, -0.15) is 0 Å². The van der Waals surface area contributed by atoms with E-state index < -0.39 is 0 Å². The number of hydrogen-bond acceptors (Lipinski definition) is 2. The van der Waals surface area contributed by atoms with Crippen LogP contribution in [0.15, 0.2) is 77.4 Å². The summed E-state index contributed by atoms with van der Waals surface area (Å²) in [5.41, 5.74) is 3.69. The van der Waals surface area contributed by atoms with Gasteiger partial charge >= 0.3 is 0 Å². The summed E-state index contributed by atoms with van der Waals surface area (Å²) in [5.74, 6) is 0.890. The van der Waals surface area contributed by atoms with Gasteiger partial charge in [0, 0.05) is 28.0 Å². The molecule has 4 rings (SSSR count). The first kappa shape index (κ1) is 17.7. The number of rotatable bonds is 5. The minimum absolute atomic E-state index is 0.134. The van der Waals surface area contributed by atoms with Crippen molar-refractivity contribution in [1.29, 1.82) is 0 Å². The van der Waals surface area contributed by atoms with Crippen molar-refractivity contribution in [2.24, 2.45) is 0 Å². The highest BCUT2D eigenvalue weighted by Crippen LogP contribution is 2.38. The van der Waals surface area contributed by atoms with Crippen LogP contribution in [0.2, 0.25) is 0 Å². The summed E-state index contributed by atoms with van der Waals surface area (Å²) in [6, 6.07) is 22.0. The molecule has 0 unspecified atom stereocenters. The van der Waals surface area contributed by atoms with Gasteiger partial charge in [0.2, 0.25) is 0 Å². The highest BCUT2D eigenvalue weighted by Gasteiger charge is 2.24. The molecule has 0 N–H and O–H groups in total. The molecule has 4 aromatic rings. The van der Waals surface area contributed by atoms with Gasteiger partial charge in [-0.3, -0.25) is 9.36 Å². The van der Waals surface area contributed by atoms with Crippen molar-refractivity contribution < 1.29 is 4.79 Å². The number of carbonyl (C=O) groups is 1. The van der Waals surface area contributed by atoms with Crippen LogP contribution >= 0.6 is 15.9 Å². The summed E-state index contributed by atoms with van der Waals surface area (Å²) in [7, 11) is 0. The number of ketones is 1. The standard InChI is InChI=1S/C23H19BrN2O/c1-2-8-20(27)23-22(16-9-4-3-5-10-16)18-15-17(24)12-13-19(18)26(23)21-11-6-7-14-25-21/h3-7,9-15H,2,8H2,1H3. The van der Waals surface area contributed by atoms with Crippen LogP contribution in [0.4, 0.5) is 0 Å². The summed E-state index contributed by atoms with van der Waals surface area (Å²) in [6.07, 6.45) is 3.07. The fourth-order valence-corrected chi connectivity index (χ4v) is 3.85. The molecule has 3 nitrogen and oxygen atoms in total. The van der Waals surface area contributed by atoms with Gasteiger partial charge in [0.05, 0.1) is 11.2 Å². The zero-order valence-electron chi connectivity index (χ0n) is 15.0. The molecule has 0 spiro atoms. The Balaban J connectivity index is 2.15. The highest BCUT2D eigenvalue weighted by atomic mass is 79.9. The maximum absolute atomic E-state index is 13.2. The van der Waals surface area contributed by atoms with Crippen molar-refractivity contribution in [2.45, 2.75) is 19.8 Å². The second-order valence-corrected chi connectivity index (χ2v) is 7.36. The summed E-state index contributed by atoms with van der Waals surface area (Å²) in [6.45, 7) is 2.03. The molecular formula is C23H19BrN2O. The molecule has 0 bridgehead atoms. The monoisotopic (exact) mass is 418 g/mol. The van der Waals surface area contributed by atoms with Crippen LogP contribution in [-0.2, 0) is 0 Å². The molecule has 27 heavy (non-hydrogen) atoms. The molecule has 0 aliphatic carbocycles. The Hall–Kier alpha value is -2.72. The molecule has 2 heterocycles. The molecule has 0 saturated carbocycles. The Bertz CT molecular complexity index is 1100. The van der Waals surface area contributed by atoms with Gasteiger partial charge in [-0.15, -0.1) is 0 Å². The molecule has 0 saturated heterocycles. The van der Waals surface area contributed by atoms with Crippen molar-refractivity contribution >= 4 is 32.6 Å². The molecule has 0 atom stereocenters. The second-order valence-electron chi connectivity index (χ2n) is 6.45. The van der Waals surface area contributed by atoms with E-state index in [1.807, 2.05) is 60.0 Å². The highest BCUT2D eigenvalue weighted by molar-refractivity contribution is 9.10. The van der Waals surface area contributed by atoms with E-state index in [0.717, 1.165) is 38.7 Å². The number of fused-ring (bicyclic) bond motifs is 1. The van der Waals surface area contributed by atoms with Crippen LogP contribution in [0.25, 0.3) is 27.8 Å². The van der Waals surface area contributed by atoms with E-state index in [4.69, 9.17) is 0 Å². The lowest BCUT2D eigenvalue weighted by atomic mass is 9.99. The van der Waals surface area contributed by atoms with Crippen molar-refractivity contribution in [3.05, 3.63) is 83.1 Å². The molecular weight excluding hydrogens is 400 g/mol. The number of aromatic nitrogens is 2. The number of benzene rings is 2. The Morgan fingerprint density at radius 1 is 1.04 bits per heavy atom. The number of carbonyl (C=O) groups excluding carboxylic acids is 1. The van der Waals surface area contributed by atoms with E-state index in [-0.39, 0.29) is 5.78 Å². The third-order valence-corrected chi connectivity index (χ3v) is 5.10. The van der Waals surface area contributed by atoms with Crippen molar-refractivity contribution in [3.8, 4) is 16.9 Å². The Morgan fingerprint density at radius 2 is 1.81 bits per heavy atom. The number of nitrogens with zero attached hydrogens (tertiary/aromatic N) is 2. The fraction of sp³-hybridized carbons (Fsp3) is 0.130. The van der Waals surface area contributed by atoms with Crippen LogP contribution in [0.5, 0.6) is 0 Å². The van der Waals surface area contributed by atoms with E-state index in [0.29, 0.717) is 12.1 Å². The van der Waals surface area contributed by atoms with E-state index in [9.17, 15) is 4.79 Å². The number of Topliss-reactive ketones (excluding diaryl/α,β-unsaturated/α-hetero) is 1. The third-order valence-electron chi connectivity index (χ3n) is 4.61. The smallest absolute Gasteiger partial charge is 0.180 e. The zero-order chi connectivity index (χ0) is 18.8. The molecule has 134 valence electrons. The molecule has 4 heteroatoms. The number of hydrogen-bond donors (Lipinski definition) is 0.